The van der Waals surface area contributed by atoms with E-state index >= 15 is 0 Å². The highest BCUT2D eigenvalue weighted by Crippen LogP contribution is 2.51. The fourth-order valence-corrected chi connectivity index (χ4v) is 14.5. The Morgan fingerprint density at radius 3 is 1.32 bits per heavy atom. The second-order valence-corrected chi connectivity index (χ2v) is 30.1. The molecule has 2 amide bonds. The van der Waals surface area contributed by atoms with Gasteiger partial charge in [0, 0.05) is 98.0 Å². The summed E-state index contributed by atoms with van der Waals surface area (Å²) in [4.78, 5) is 53.6. The lowest BCUT2D eigenvalue weighted by molar-refractivity contribution is 0.000790. The quantitative estimate of drug-likeness (QED) is 0.0471. The van der Waals surface area contributed by atoms with Crippen molar-refractivity contribution in [2.75, 3.05) is 39.3 Å². The number of hydrogen-bond acceptors (Lipinski definition) is 12. The number of aldehydes is 1. The van der Waals surface area contributed by atoms with Gasteiger partial charge in [-0.3, -0.25) is 9.20 Å². The van der Waals surface area contributed by atoms with Gasteiger partial charge in [0.05, 0.1) is 48.2 Å². The molecule has 6 fully saturated rings. The molecule has 96 heavy (non-hydrogen) atoms. The zero-order valence-corrected chi connectivity index (χ0v) is 57.2. The molecule has 6 heterocycles. The Kier molecular flexibility index (Phi) is 20.9. The molecule has 6 aliphatic rings. The molecule has 6 aliphatic carbocycles. The van der Waals surface area contributed by atoms with E-state index in [1.165, 1.54) is 55.2 Å². The molecule has 6 saturated carbocycles. The highest BCUT2D eigenvalue weighted by Gasteiger charge is 2.52. The summed E-state index contributed by atoms with van der Waals surface area (Å²) in [6.45, 7) is 18.3. The average Bonchev–Trinajstić information content (AvgIpc) is 1.54. The second kappa shape index (κ2) is 29.6. The van der Waals surface area contributed by atoms with Crippen molar-refractivity contribution in [2.45, 2.75) is 179 Å². The van der Waals surface area contributed by atoms with E-state index in [0.29, 0.717) is 48.1 Å². The first-order chi connectivity index (χ1) is 46.4. The number of imidazole rings is 3. The third-order valence-corrected chi connectivity index (χ3v) is 20.6. The van der Waals surface area contributed by atoms with Crippen molar-refractivity contribution in [3.8, 4) is 0 Å². The van der Waals surface area contributed by atoms with Crippen LogP contribution in [0, 0.1) is 16.2 Å². The lowest BCUT2D eigenvalue weighted by atomic mass is 9.68. The summed E-state index contributed by atoms with van der Waals surface area (Å²) in [5, 5.41) is 11.2. The van der Waals surface area contributed by atoms with Crippen molar-refractivity contribution in [1.82, 2.24) is 53.9 Å². The number of amides is 2. The van der Waals surface area contributed by atoms with Crippen LogP contribution in [0.25, 0.3) is 16.6 Å². The molecule has 15 rings (SSSR count). The molecule has 0 aliphatic heterocycles. The van der Waals surface area contributed by atoms with Crippen LogP contribution in [0.5, 0.6) is 0 Å². The molecule has 17 nitrogen and oxygen atoms in total. The molecular formula is C79H100N12O5. The van der Waals surface area contributed by atoms with Crippen LogP contribution < -0.4 is 21.7 Å². The molecule has 0 saturated heterocycles. The Morgan fingerprint density at radius 2 is 0.906 bits per heavy atom. The van der Waals surface area contributed by atoms with Crippen molar-refractivity contribution in [3.05, 3.63) is 217 Å². The summed E-state index contributed by atoms with van der Waals surface area (Å²) in [5.41, 5.74) is 13.0. The predicted molar refractivity (Wildman–Crippen MR) is 379 cm³/mol. The Morgan fingerprint density at radius 1 is 0.510 bits per heavy atom. The van der Waals surface area contributed by atoms with Crippen LogP contribution in [0.3, 0.4) is 0 Å². The van der Waals surface area contributed by atoms with Crippen molar-refractivity contribution in [1.29, 1.82) is 0 Å². The minimum atomic E-state index is -0.501. The second-order valence-electron chi connectivity index (χ2n) is 30.1. The van der Waals surface area contributed by atoms with Gasteiger partial charge in [0.2, 0.25) is 0 Å². The van der Waals surface area contributed by atoms with Crippen LogP contribution in [0.1, 0.15) is 175 Å². The van der Waals surface area contributed by atoms with Crippen LogP contribution in [0.2, 0.25) is 0 Å². The van der Waals surface area contributed by atoms with Crippen molar-refractivity contribution >= 4 is 35.0 Å². The van der Waals surface area contributed by atoms with Gasteiger partial charge in [0.25, 0.3) is 0 Å². The molecule has 0 radical (unpaired) electrons. The minimum Gasteiger partial charge on any atom is -0.444 e. The lowest BCUT2D eigenvalue weighted by Gasteiger charge is -2.45. The maximum atomic E-state index is 13.3. The Labute approximate surface area is 567 Å². The van der Waals surface area contributed by atoms with Crippen LogP contribution in [0.4, 0.5) is 9.59 Å². The summed E-state index contributed by atoms with van der Waals surface area (Å²) in [5.74, 6) is 4.09. The number of pyridine rings is 3. The van der Waals surface area contributed by atoms with Gasteiger partial charge in [-0.2, -0.15) is 0 Å². The first-order valence-electron chi connectivity index (χ1n) is 35.1. The maximum absolute atomic E-state index is 13.3. The summed E-state index contributed by atoms with van der Waals surface area (Å²) < 4.78 is 17.6. The van der Waals surface area contributed by atoms with E-state index in [1.807, 2.05) is 112 Å². The van der Waals surface area contributed by atoms with Gasteiger partial charge in [0.1, 0.15) is 22.9 Å². The highest BCUT2D eigenvalue weighted by atomic mass is 16.6. The monoisotopic (exact) mass is 1300 g/mol. The average molecular weight is 1300 g/mol. The van der Waals surface area contributed by atoms with E-state index in [-0.39, 0.29) is 35.1 Å². The number of hydrogen-bond donors (Lipinski definition) is 4. The third kappa shape index (κ3) is 16.9. The standard InChI is InChI=1S/C28H36N4O2.C23H28N4.C20H30N2O2.C8H6N2O/c1-27(2,3)34-26(33)32(24-16-23(24)21-10-5-4-6-11-21)20-28(13-9-14-28)19-29-18-25-30-17-22-12-7-8-15-31(22)25;1-2-7-18(8-3-1)20-13-21(20)26-17-23(10-6-11-23)16-24-15-22-25-14-19-9-4-5-12-27(19)22;1-19(2,3)24-18(23)22(14-20(13-21)10-7-11-20)17-12-16(17)15-8-5-4-6-9-15;11-6-8-9-5-7-3-1-2-4-10(7)8/h4-8,10-12,15,17,23-24,29H,9,13-14,16,18-20H2,1-3H3;1-5,7-9,12,14,20-21,24,26H,6,10-11,13,15-17H2;4-6,8-9,16-17H,7,10-14,21H2,1-3H3;1-6H/t23?,24-;20?,21-;16?,17-;/m000./s1. The van der Waals surface area contributed by atoms with Crippen molar-refractivity contribution < 1.29 is 23.9 Å². The fourth-order valence-electron chi connectivity index (χ4n) is 14.5. The Balaban J connectivity index is 0.000000129. The number of benzene rings is 3. The molecular weight excluding hydrogens is 1200 g/mol. The van der Waals surface area contributed by atoms with Gasteiger partial charge in [-0.25, -0.2) is 24.5 Å². The van der Waals surface area contributed by atoms with E-state index in [2.05, 4.69) is 155 Å². The normalized spacial score (nSPS) is 21.4. The fraction of sp³-hybridized carbons (Fsp3) is 0.468. The number of carbonyl (C=O) groups is 3. The number of nitrogens with two attached hydrogens (primary N) is 1. The first-order valence-corrected chi connectivity index (χ1v) is 35.1. The molecule has 506 valence electrons. The molecule has 17 heteroatoms. The van der Waals surface area contributed by atoms with Crippen molar-refractivity contribution in [3.63, 3.8) is 0 Å². The van der Waals surface area contributed by atoms with E-state index in [9.17, 15) is 14.4 Å². The smallest absolute Gasteiger partial charge is 0.410 e. The van der Waals surface area contributed by atoms with E-state index in [1.54, 1.807) is 10.6 Å². The van der Waals surface area contributed by atoms with Crippen LogP contribution >= 0.6 is 0 Å². The summed E-state index contributed by atoms with van der Waals surface area (Å²) in [6.07, 6.45) is 26.1. The van der Waals surface area contributed by atoms with E-state index in [4.69, 9.17) is 15.2 Å². The van der Waals surface area contributed by atoms with Crippen LogP contribution in [-0.2, 0) is 22.6 Å². The summed E-state index contributed by atoms with van der Waals surface area (Å²) >= 11 is 0. The van der Waals surface area contributed by atoms with Gasteiger partial charge in [0.15, 0.2) is 12.1 Å². The zero-order chi connectivity index (χ0) is 66.9. The number of carbonyl (C=O) groups excluding carboxylic acids is 3. The van der Waals surface area contributed by atoms with Gasteiger partial charge < -0.3 is 49.8 Å². The highest BCUT2D eigenvalue weighted by molar-refractivity contribution is 5.72. The molecule has 5 N–H and O–H groups in total. The molecule has 9 aromatic rings. The number of rotatable bonds is 22. The molecule has 6 aromatic heterocycles. The molecule has 0 bridgehead atoms. The molecule has 6 atom stereocenters. The zero-order valence-electron chi connectivity index (χ0n) is 57.2. The van der Waals surface area contributed by atoms with E-state index < -0.39 is 11.2 Å². The number of fused-ring (bicyclic) bond motifs is 3. The first kappa shape index (κ1) is 67.7. The van der Waals surface area contributed by atoms with Gasteiger partial charge in [-0.05, 0) is 164 Å². The van der Waals surface area contributed by atoms with Crippen LogP contribution in [0.15, 0.2) is 183 Å². The molecule has 3 aromatic carbocycles. The Bertz CT molecular complexity index is 3990. The lowest BCUT2D eigenvalue weighted by Crippen LogP contribution is -2.51. The summed E-state index contributed by atoms with van der Waals surface area (Å²) in [6, 6.07) is 51.1. The van der Waals surface area contributed by atoms with Crippen LogP contribution in [-0.4, -0.2) is 125 Å². The number of ether oxygens (including phenoxy) is 2. The van der Waals surface area contributed by atoms with Gasteiger partial charge in [-0.15, -0.1) is 0 Å². The predicted octanol–water partition coefficient (Wildman–Crippen LogP) is 14.2. The van der Waals surface area contributed by atoms with Gasteiger partial charge in [-0.1, -0.05) is 128 Å². The SMILES string of the molecule is CC(C)(C)OC(=O)N(CC1(CN)CCC1)[C@H]1CC1c1ccccc1.CC(C)(C)OC(=O)N(CC1(CNCc2ncc3ccccn23)CCC1)[C@H]1CC1c1ccccc1.O=Cc1ncc2ccccn12.c1ccc(C2C[C@@H]2NCC2(CNCc3ncc4ccccn34)CCC2)cc1. The summed E-state index contributed by atoms with van der Waals surface area (Å²) in [7, 11) is 0. The number of nitrogens with zero attached hydrogens (tertiary/aromatic N) is 8. The third-order valence-electron chi connectivity index (χ3n) is 20.6. The largest absolute Gasteiger partial charge is 0.444 e. The van der Waals surface area contributed by atoms with Gasteiger partial charge >= 0.3 is 12.2 Å². The minimum absolute atomic E-state index is 0.0911. The molecule has 3 unspecified atom stereocenters. The number of aromatic nitrogens is 6. The van der Waals surface area contributed by atoms with E-state index in [0.717, 1.165) is 112 Å². The topological polar surface area (TPSA) is 190 Å². The number of nitrogens with one attached hydrogen (secondary N) is 3. The Hall–Kier alpha value is -8.22. The maximum Gasteiger partial charge on any atom is 0.410 e. The van der Waals surface area contributed by atoms with Crippen molar-refractivity contribution in [2.24, 2.45) is 22.0 Å². The molecule has 0 spiro atoms.